The molecule has 0 radical (unpaired) electrons. The largest absolute Gasteiger partial charge is 0.495 e. The molecule has 0 bridgehead atoms. The molecule has 0 saturated carbocycles. The maximum atomic E-state index is 5.27. The van der Waals surface area contributed by atoms with Gasteiger partial charge < -0.3 is 14.6 Å². The van der Waals surface area contributed by atoms with Crippen molar-refractivity contribution in [3.63, 3.8) is 0 Å². The van der Waals surface area contributed by atoms with E-state index in [0.717, 1.165) is 30.9 Å². The number of nitrogens with one attached hydrogen (secondary N) is 1. The van der Waals surface area contributed by atoms with E-state index < -0.39 is 0 Å². The average Bonchev–Trinajstić information content (AvgIpc) is 2.88. The van der Waals surface area contributed by atoms with Crippen LogP contribution in [0.3, 0.4) is 0 Å². The number of anilines is 1. The van der Waals surface area contributed by atoms with E-state index in [1.54, 1.807) is 13.3 Å². The number of hydrogen-bond acceptors (Lipinski definition) is 3. The Bertz CT molecular complexity index is 440. The van der Waals surface area contributed by atoms with Crippen molar-refractivity contribution in [3.05, 3.63) is 43.0 Å². The minimum absolute atomic E-state index is 0.884. The quantitative estimate of drug-likeness (QED) is 0.776. The summed E-state index contributed by atoms with van der Waals surface area (Å²) in [4.78, 5) is 4.01. The lowest BCUT2D eigenvalue weighted by Gasteiger charge is -2.10. The van der Waals surface area contributed by atoms with Crippen LogP contribution < -0.4 is 10.1 Å². The third kappa shape index (κ3) is 3.24. The number of aryl methyl sites for hydroxylation is 1. The molecule has 0 atom stereocenters. The molecule has 90 valence electrons. The van der Waals surface area contributed by atoms with Crippen molar-refractivity contribution in [2.75, 3.05) is 19.0 Å². The molecule has 4 heteroatoms. The molecule has 2 aromatic rings. The molecular weight excluding hydrogens is 214 g/mol. The zero-order valence-corrected chi connectivity index (χ0v) is 9.97. The molecule has 0 saturated heterocycles. The number of rotatable bonds is 6. The van der Waals surface area contributed by atoms with E-state index in [2.05, 4.69) is 14.9 Å². The highest BCUT2D eigenvalue weighted by Crippen LogP contribution is 2.22. The van der Waals surface area contributed by atoms with Crippen LogP contribution in [0.15, 0.2) is 43.0 Å². The molecule has 0 fully saturated rings. The Morgan fingerprint density at radius 3 is 3.00 bits per heavy atom. The predicted octanol–water partition coefficient (Wildman–Crippen LogP) is 2.39. The van der Waals surface area contributed by atoms with Gasteiger partial charge in [-0.3, -0.25) is 0 Å². The van der Waals surface area contributed by atoms with Crippen LogP contribution in [0.2, 0.25) is 0 Å². The topological polar surface area (TPSA) is 39.1 Å². The molecule has 0 aliphatic rings. The predicted molar refractivity (Wildman–Crippen MR) is 68.3 cm³/mol. The van der Waals surface area contributed by atoms with E-state index in [1.165, 1.54) is 0 Å². The summed E-state index contributed by atoms with van der Waals surface area (Å²) >= 11 is 0. The van der Waals surface area contributed by atoms with Crippen LogP contribution in [0.4, 0.5) is 5.69 Å². The van der Waals surface area contributed by atoms with Gasteiger partial charge in [0.25, 0.3) is 0 Å². The molecular formula is C13H17N3O. The van der Waals surface area contributed by atoms with Crippen molar-refractivity contribution >= 4 is 5.69 Å². The zero-order chi connectivity index (χ0) is 11.9. The van der Waals surface area contributed by atoms with Gasteiger partial charge in [0.15, 0.2) is 0 Å². The van der Waals surface area contributed by atoms with Crippen LogP contribution in [0, 0.1) is 0 Å². The first-order valence-corrected chi connectivity index (χ1v) is 5.73. The Morgan fingerprint density at radius 2 is 2.24 bits per heavy atom. The van der Waals surface area contributed by atoms with Crippen LogP contribution in [0.1, 0.15) is 6.42 Å². The fourth-order valence-corrected chi connectivity index (χ4v) is 1.69. The van der Waals surface area contributed by atoms with Crippen LogP contribution in [0.5, 0.6) is 5.75 Å². The van der Waals surface area contributed by atoms with E-state index in [4.69, 9.17) is 4.74 Å². The second-order valence-corrected chi connectivity index (χ2v) is 3.78. The molecule has 17 heavy (non-hydrogen) atoms. The van der Waals surface area contributed by atoms with Crippen LogP contribution >= 0.6 is 0 Å². The summed E-state index contributed by atoms with van der Waals surface area (Å²) in [5, 5.41) is 3.37. The van der Waals surface area contributed by atoms with Gasteiger partial charge in [-0.2, -0.15) is 0 Å². The number of ether oxygens (including phenoxy) is 1. The van der Waals surface area contributed by atoms with Crippen LogP contribution in [-0.2, 0) is 6.54 Å². The number of aromatic nitrogens is 2. The molecule has 1 heterocycles. The van der Waals surface area contributed by atoms with Crippen molar-refractivity contribution in [2.45, 2.75) is 13.0 Å². The van der Waals surface area contributed by atoms with Gasteiger partial charge in [0.1, 0.15) is 5.75 Å². The molecule has 2 rings (SSSR count). The molecule has 0 aliphatic carbocycles. The molecule has 0 amide bonds. The Hall–Kier alpha value is -1.97. The van der Waals surface area contributed by atoms with Gasteiger partial charge in [0.05, 0.1) is 19.1 Å². The maximum Gasteiger partial charge on any atom is 0.141 e. The molecule has 1 aromatic heterocycles. The lowest BCUT2D eigenvalue weighted by Crippen LogP contribution is -2.06. The fourth-order valence-electron chi connectivity index (χ4n) is 1.69. The van der Waals surface area contributed by atoms with Gasteiger partial charge in [-0.15, -0.1) is 0 Å². The van der Waals surface area contributed by atoms with E-state index in [1.807, 2.05) is 36.8 Å². The van der Waals surface area contributed by atoms with E-state index in [-0.39, 0.29) is 0 Å². The first-order valence-electron chi connectivity index (χ1n) is 5.73. The van der Waals surface area contributed by atoms with E-state index in [9.17, 15) is 0 Å². The van der Waals surface area contributed by atoms with Crippen molar-refractivity contribution in [1.29, 1.82) is 0 Å². The molecule has 0 spiro atoms. The Morgan fingerprint density at radius 1 is 1.35 bits per heavy atom. The Kier molecular flexibility index (Phi) is 4.02. The van der Waals surface area contributed by atoms with Gasteiger partial charge in [-0.25, -0.2) is 4.98 Å². The fraction of sp³-hybridized carbons (Fsp3) is 0.308. The third-order valence-corrected chi connectivity index (χ3v) is 2.57. The molecule has 0 unspecified atom stereocenters. The summed E-state index contributed by atoms with van der Waals surface area (Å²) in [6.07, 6.45) is 6.66. The van der Waals surface area contributed by atoms with E-state index in [0.29, 0.717) is 0 Å². The first kappa shape index (κ1) is 11.5. The number of nitrogens with zero attached hydrogens (tertiary/aromatic N) is 2. The highest BCUT2D eigenvalue weighted by atomic mass is 16.5. The molecule has 1 N–H and O–H groups in total. The lowest BCUT2D eigenvalue weighted by molar-refractivity contribution is 0.416. The summed E-state index contributed by atoms with van der Waals surface area (Å²) in [5.41, 5.74) is 1.04. The average molecular weight is 231 g/mol. The van der Waals surface area contributed by atoms with Crippen molar-refractivity contribution < 1.29 is 4.74 Å². The normalized spacial score (nSPS) is 10.2. The van der Waals surface area contributed by atoms with Crippen molar-refractivity contribution in [2.24, 2.45) is 0 Å². The summed E-state index contributed by atoms with van der Waals surface area (Å²) in [6.45, 7) is 1.89. The molecule has 4 nitrogen and oxygen atoms in total. The van der Waals surface area contributed by atoms with E-state index >= 15 is 0 Å². The highest BCUT2D eigenvalue weighted by molar-refractivity contribution is 5.55. The summed E-state index contributed by atoms with van der Waals surface area (Å²) in [5.74, 6) is 0.884. The Balaban J connectivity index is 1.78. The SMILES string of the molecule is COc1ccccc1NCCCn1ccnc1. The third-order valence-electron chi connectivity index (χ3n) is 2.57. The standard InChI is InChI=1S/C13H17N3O/c1-17-13-6-3-2-5-12(13)15-7-4-9-16-10-8-14-11-16/h2-3,5-6,8,10-11,15H,4,7,9H2,1H3. The van der Waals surface area contributed by atoms with Crippen molar-refractivity contribution in [1.82, 2.24) is 9.55 Å². The second kappa shape index (κ2) is 5.94. The zero-order valence-electron chi connectivity index (χ0n) is 9.97. The minimum Gasteiger partial charge on any atom is -0.495 e. The monoisotopic (exact) mass is 231 g/mol. The van der Waals surface area contributed by atoms with Gasteiger partial charge in [0.2, 0.25) is 0 Å². The number of imidazole rings is 1. The summed E-state index contributed by atoms with van der Waals surface area (Å²) in [6, 6.07) is 7.95. The molecule has 0 aliphatic heterocycles. The number of methoxy groups -OCH3 is 1. The van der Waals surface area contributed by atoms with Gasteiger partial charge >= 0.3 is 0 Å². The lowest BCUT2D eigenvalue weighted by atomic mass is 10.3. The number of hydrogen-bond donors (Lipinski definition) is 1. The molecule has 1 aromatic carbocycles. The smallest absolute Gasteiger partial charge is 0.141 e. The summed E-state index contributed by atoms with van der Waals surface area (Å²) in [7, 11) is 1.69. The Labute approximate surface area is 101 Å². The minimum atomic E-state index is 0.884. The maximum absolute atomic E-state index is 5.27. The number of para-hydroxylation sites is 2. The van der Waals surface area contributed by atoms with Crippen LogP contribution in [-0.4, -0.2) is 23.2 Å². The number of benzene rings is 1. The second-order valence-electron chi connectivity index (χ2n) is 3.78. The van der Waals surface area contributed by atoms with Gasteiger partial charge in [-0.1, -0.05) is 12.1 Å². The summed E-state index contributed by atoms with van der Waals surface area (Å²) < 4.78 is 7.34. The van der Waals surface area contributed by atoms with Crippen molar-refractivity contribution in [3.8, 4) is 5.75 Å². The van der Waals surface area contributed by atoms with Gasteiger partial charge in [-0.05, 0) is 18.6 Å². The first-order chi connectivity index (χ1) is 8.40. The van der Waals surface area contributed by atoms with Gasteiger partial charge in [0, 0.05) is 25.5 Å². The highest BCUT2D eigenvalue weighted by Gasteiger charge is 1.99. The van der Waals surface area contributed by atoms with Crippen LogP contribution in [0.25, 0.3) is 0 Å².